The SMILES string of the molecule is C=CC(CCc1ccccc1)c1cc(C)c2cc(C(C)C)ccc(C)c1-2. The van der Waals surface area contributed by atoms with Crippen molar-refractivity contribution in [3.63, 3.8) is 0 Å². The van der Waals surface area contributed by atoms with Gasteiger partial charge in [-0.15, -0.1) is 6.58 Å². The molecule has 0 heterocycles. The first-order chi connectivity index (χ1) is 12.5. The Morgan fingerprint density at radius 2 is 1.65 bits per heavy atom. The molecule has 26 heavy (non-hydrogen) atoms. The van der Waals surface area contributed by atoms with Crippen molar-refractivity contribution in [1.82, 2.24) is 0 Å². The Morgan fingerprint density at radius 1 is 0.923 bits per heavy atom. The number of hydrogen-bond donors (Lipinski definition) is 0. The molecule has 2 aliphatic carbocycles. The molecular weight excluding hydrogens is 312 g/mol. The van der Waals surface area contributed by atoms with Gasteiger partial charge in [0.1, 0.15) is 0 Å². The molecule has 0 aromatic heterocycles. The highest BCUT2D eigenvalue weighted by atomic mass is 14.2. The molecule has 0 bridgehead atoms. The fourth-order valence-corrected chi connectivity index (χ4v) is 3.90. The molecule has 0 amide bonds. The van der Waals surface area contributed by atoms with Crippen molar-refractivity contribution >= 4 is 0 Å². The molecule has 0 spiro atoms. The summed E-state index contributed by atoms with van der Waals surface area (Å²) in [5.41, 5.74) is 9.81. The Kier molecular flexibility index (Phi) is 5.61. The molecule has 0 radical (unpaired) electrons. The summed E-state index contributed by atoms with van der Waals surface area (Å²) in [5.74, 6) is 0.922. The number of benzene rings is 1. The molecule has 0 heteroatoms. The lowest BCUT2D eigenvalue weighted by Crippen LogP contribution is -1.98. The molecule has 0 saturated carbocycles. The maximum Gasteiger partial charge on any atom is 0.00248 e. The first kappa shape index (κ1) is 18.5. The lowest BCUT2D eigenvalue weighted by atomic mass is 9.89. The lowest BCUT2D eigenvalue weighted by molar-refractivity contribution is 0.740. The van der Waals surface area contributed by atoms with Gasteiger partial charge in [0.15, 0.2) is 0 Å². The minimum absolute atomic E-state index is 0.384. The summed E-state index contributed by atoms with van der Waals surface area (Å²) in [5, 5.41) is 0. The number of aryl methyl sites for hydroxylation is 3. The van der Waals surface area contributed by atoms with Gasteiger partial charge in [0.2, 0.25) is 0 Å². The summed E-state index contributed by atoms with van der Waals surface area (Å²) >= 11 is 0. The molecule has 3 rings (SSSR count). The minimum atomic E-state index is 0.384. The molecular formula is C26H30. The van der Waals surface area contributed by atoms with E-state index in [0.717, 1.165) is 12.8 Å². The van der Waals surface area contributed by atoms with Crippen LogP contribution in [0.3, 0.4) is 0 Å². The number of allylic oxidation sites excluding steroid dienone is 1. The van der Waals surface area contributed by atoms with Gasteiger partial charge in [-0.3, -0.25) is 0 Å². The molecule has 1 aromatic rings. The van der Waals surface area contributed by atoms with Crippen LogP contribution in [0.1, 0.15) is 59.9 Å². The summed E-state index contributed by atoms with van der Waals surface area (Å²) in [6, 6.07) is 20.1. The van der Waals surface area contributed by atoms with Gasteiger partial charge in [-0.25, -0.2) is 0 Å². The second kappa shape index (κ2) is 7.91. The average molecular weight is 343 g/mol. The molecule has 134 valence electrons. The van der Waals surface area contributed by atoms with Crippen LogP contribution in [0.2, 0.25) is 0 Å². The van der Waals surface area contributed by atoms with Gasteiger partial charge in [0.25, 0.3) is 0 Å². The smallest absolute Gasteiger partial charge is 0.00248 e. The molecule has 2 aliphatic rings. The Balaban J connectivity index is 1.98. The van der Waals surface area contributed by atoms with Crippen LogP contribution in [-0.2, 0) is 6.42 Å². The van der Waals surface area contributed by atoms with E-state index in [9.17, 15) is 0 Å². The van der Waals surface area contributed by atoms with Crippen molar-refractivity contribution in [1.29, 1.82) is 0 Å². The maximum atomic E-state index is 4.16. The average Bonchev–Trinajstić information content (AvgIpc) is 2.84. The van der Waals surface area contributed by atoms with Crippen LogP contribution in [0, 0.1) is 13.8 Å². The second-order valence-corrected chi connectivity index (χ2v) is 7.75. The van der Waals surface area contributed by atoms with Crippen molar-refractivity contribution in [3.05, 3.63) is 95.1 Å². The fourth-order valence-electron chi connectivity index (χ4n) is 3.90. The number of hydrogen-bond acceptors (Lipinski definition) is 0. The standard InChI is InChI=1S/C26H30/c1-6-22(15-13-21-10-8-7-9-11-21)25-16-20(5)24-17-23(18(2)3)14-12-19(4)26(24)25/h6-12,14,16-18,22H,1,13,15H2,2-5H3. The lowest BCUT2D eigenvalue weighted by Gasteiger charge is -2.15. The molecule has 1 unspecified atom stereocenters. The van der Waals surface area contributed by atoms with E-state index < -0.39 is 0 Å². The highest BCUT2D eigenvalue weighted by molar-refractivity contribution is 5.78. The molecule has 0 fully saturated rings. The number of fused-ring (bicyclic) bond motifs is 1. The van der Waals surface area contributed by atoms with Gasteiger partial charge >= 0.3 is 0 Å². The zero-order valence-corrected chi connectivity index (χ0v) is 16.5. The third-order valence-electron chi connectivity index (χ3n) is 5.52. The quantitative estimate of drug-likeness (QED) is 0.408. The Morgan fingerprint density at radius 3 is 2.31 bits per heavy atom. The molecule has 0 saturated heterocycles. The van der Waals surface area contributed by atoms with Crippen LogP contribution < -0.4 is 0 Å². The Labute approximate surface area is 158 Å². The van der Waals surface area contributed by atoms with Crippen LogP contribution in [0.5, 0.6) is 0 Å². The van der Waals surface area contributed by atoms with E-state index in [1.807, 2.05) is 0 Å². The monoisotopic (exact) mass is 342 g/mol. The highest BCUT2D eigenvalue weighted by Crippen LogP contribution is 2.41. The summed E-state index contributed by atoms with van der Waals surface area (Å²) in [6.45, 7) is 13.2. The van der Waals surface area contributed by atoms with E-state index in [1.165, 1.54) is 38.9 Å². The maximum absolute atomic E-state index is 4.16. The van der Waals surface area contributed by atoms with E-state index in [0.29, 0.717) is 11.8 Å². The summed E-state index contributed by atoms with van der Waals surface area (Å²) in [6.07, 6.45) is 4.31. The van der Waals surface area contributed by atoms with Crippen molar-refractivity contribution in [2.24, 2.45) is 0 Å². The van der Waals surface area contributed by atoms with E-state index in [2.05, 4.69) is 94.9 Å². The van der Waals surface area contributed by atoms with Gasteiger partial charge in [0, 0.05) is 5.92 Å². The van der Waals surface area contributed by atoms with Crippen LogP contribution in [0.25, 0.3) is 11.1 Å². The highest BCUT2D eigenvalue weighted by Gasteiger charge is 2.21. The minimum Gasteiger partial charge on any atom is -0.102 e. The normalized spacial score (nSPS) is 12.5. The Hall–Kier alpha value is -2.34. The summed E-state index contributed by atoms with van der Waals surface area (Å²) < 4.78 is 0. The molecule has 1 atom stereocenters. The zero-order chi connectivity index (χ0) is 18.7. The van der Waals surface area contributed by atoms with Crippen LogP contribution in [0.15, 0.2) is 67.3 Å². The van der Waals surface area contributed by atoms with Crippen molar-refractivity contribution in [3.8, 4) is 11.1 Å². The van der Waals surface area contributed by atoms with Gasteiger partial charge in [-0.05, 0) is 71.6 Å². The Bertz CT molecular complexity index is 855. The van der Waals surface area contributed by atoms with Gasteiger partial charge in [-0.2, -0.15) is 0 Å². The van der Waals surface area contributed by atoms with E-state index >= 15 is 0 Å². The first-order valence-electron chi connectivity index (χ1n) is 9.71. The zero-order valence-electron chi connectivity index (χ0n) is 16.5. The topological polar surface area (TPSA) is 0 Å². The van der Waals surface area contributed by atoms with Crippen molar-refractivity contribution < 1.29 is 0 Å². The largest absolute Gasteiger partial charge is 0.102 e. The number of rotatable bonds is 6. The van der Waals surface area contributed by atoms with Crippen molar-refractivity contribution in [2.45, 2.75) is 52.4 Å². The van der Waals surface area contributed by atoms with Gasteiger partial charge in [0.05, 0.1) is 0 Å². The van der Waals surface area contributed by atoms with Crippen LogP contribution in [-0.4, -0.2) is 0 Å². The van der Waals surface area contributed by atoms with Crippen LogP contribution >= 0.6 is 0 Å². The summed E-state index contributed by atoms with van der Waals surface area (Å²) in [4.78, 5) is 0. The van der Waals surface area contributed by atoms with Gasteiger partial charge in [-0.1, -0.05) is 74.5 Å². The molecule has 0 nitrogen and oxygen atoms in total. The predicted octanol–water partition coefficient (Wildman–Crippen LogP) is 7.43. The van der Waals surface area contributed by atoms with Gasteiger partial charge < -0.3 is 0 Å². The third-order valence-corrected chi connectivity index (χ3v) is 5.52. The van der Waals surface area contributed by atoms with E-state index in [-0.39, 0.29) is 0 Å². The second-order valence-electron chi connectivity index (χ2n) is 7.75. The van der Waals surface area contributed by atoms with E-state index in [4.69, 9.17) is 0 Å². The first-order valence-corrected chi connectivity index (χ1v) is 9.71. The summed E-state index contributed by atoms with van der Waals surface area (Å²) in [7, 11) is 0. The predicted molar refractivity (Wildman–Crippen MR) is 114 cm³/mol. The third kappa shape index (κ3) is 3.75. The van der Waals surface area contributed by atoms with E-state index in [1.54, 1.807) is 0 Å². The molecule has 0 aliphatic heterocycles. The molecule has 0 N–H and O–H groups in total. The van der Waals surface area contributed by atoms with Crippen molar-refractivity contribution in [2.75, 3.05) is 0 Å². The van der Waals surface area contributed by atoms with Crippen LogP contribution in [0.4, 0.5) is 0 Å². The fraction of sp³-hybridized carbons (Fsp3) is 0.308. The molecule has 1 aromatic carbocycles.